The normalized spacial score (nSPS) is 20.7. The highest BCUT2D eigenvalue weighted by Gasteiger charge is 2.40. The third-order valence-electron chi connectivity index (χ3n) is 3.42. The molecule has 0 radical (unpaired) electrons. The monoisotopic (exact) mass is 308 g/mol. The maximum absolute atomic E-state index is 12.4. The predicted octanol–water partition coefficient (Wildman–Crippen LogP) is 0.733. The molecule has 0 aliphatic carbocycles. The first kappa shape index (κ1) is 15.9. The van der Waals surface area contributed by atoms with Crippen molar-refractivity contribution in [1.29, 1.82) is 0 Å². The predicted molar refractivity (Wildman–Crippen MR) is 75.2 cm³/mol. The number of β-amino-alcohol motifs (C(OH)–C–C–N with tert-alkyl or cyclic N) is 1. The molecule has 1 fully saturated rings. The summed E-state index contributed by atoms with van der Waals surface area (Å²) in [5.74, 6) is -1.03. The smallest absolute Gasteiger partial charge is 0.328 e. The minimum absolute atomic E-state index is 0.0271. The van der Waals surface area contributed by atoms with Crippen LogP contribution in [0.3, 0.4) is 0 Å². The highest BCUT2D eigenvalue weighted by Crippen LogP contribution is 2.23. The van der Waals surface area contributed by atoms with Gasteiger partial charge >= 0.3 is 5.97 Å². The van der Waals surface area contributed by atoms with Gasteiger partial charge in [-0.25, -0.2) is 4.79 Å². The summed E-state index contributed by atoms with van der Waals surface area (Å²) in [5.41, 5.74) is 0.0916. The Balaban J connectivity index is 2.19. The standard InChI is InChI=1S/C14H16N2O6/c1-2-22-14(19)12-7-11(17)8-15(12)13(18)9-3-5-10(6-4-9)16(20)21/h3-6,11-12,17H,2,7-8H2,1H3/t11?,12-/m0/s1. The second kappa shape index (κ2) is 6.52. The number of likely N-dealkylation sites (tertiary alicyclic amines) is 1. The number of aliphatic hydroxyl groups is 1. The largest absolute Gasteiger partial charge is 0.464 e. The van der Waals surface area contributed by atoms with Crippen molar-refractivity contribution in [3.8, 4) is 0 Å². The lowest BCUT2D eigenvalue weighted by Gasteiger charge is -2.22. The molecule has 0 spiro atoms. The molecule has 118 valence electrons. The number of ether oxygens (including phenoxy) is 1. The number of non-ortho nitro benzene ring substituents is 1. The molecule has 2 atom stereocenters. The van der Waals surface area contributed by atoms with Crippen LogP contribution in [0.5, 0.6) is 0 Å². The van der Waals surface area contributed by atoms with Gasteiger partial charge in [0.2, 0.25) is 0 Å². The van der Waals surface area contributed by atoms with E-state index in [-0.39, 0.29) is 30.8 Å². The van der Waals surface area contributed by atoms with Crippen LogP contribution in [0.4, 0.5) is 5.69 Å². The number of nitro groups is 1. The lowest BCUT2D eigenvalue weighted by molar-refractivity contribution is -0.384. The summed E-state index contributed by atoms with van der Waals surface area (Å²) in [6, 6.07) is 4.26. The van der Waals surface area contributed by atoms with E-state index >= 15 is 0 Å². The molecule has 1 aromatic rings. The van der Waals surface area contributed by atoms with Gasteiger partial charge in [0.25, 0.3) is 11.6 Å². The number of nitro benzene ring substituents is 1. The summed E-state index contributed by atoms with van der Waals surface area (Å²) < 4.78 is 4.91. The zero-order valence-corrected chi connectivity index (χ0v) is 12.0. The highest BCUT2D eigenvalue weighted by molar-refractivity contribution is 5.97. The number of carbonyl (C=O) groups is 2. The zero-order valence-electron chi connectivity index (χ0n) is 12.0. The lowest BCUT2D eigenvalue weighted by atomic mass is 10.1. The summed E-state index contributed by atoms with van der Waals surface area (Å²) in [6.07, 6.45) is -0.672. The Hall–Kier alpha value is -2.48. The number of esters is 1. The van der Waals surface area contributed by atoms with E-state index in [1.54, 1.807) is 6.92 Å². The molecule has 0 bridgehead atoms. The van der Waals surface area contributed by atoms with E-state index < -0.39 is 28.9 Å². The summed E-state index contributed by atoms with van der Waals surface area (Å²) in [4.78, 5) is 35.6. The van der Waals surface area contributed by atoms with Gasteiger partial charge in [-0.3, -0.25) is 14.9 Å². The third kappa shape index (κ3) is 3.22. The second-order valence-corrected chi connectivity index (χ2v) is 4.92. The summed E-state index contributed by atoms with van der Waals surface area (Å²) >= 11 is 0. The van der Waals surface area contributed by atoms with Gasteiger partial charge in [0, 0.05) is 30.7 Å². The first-order valence-electron chi connectivity index (χ1n) is 6.84. The third-order valence-corrected chi connectivity index (χ3v) is 3.42. The maximum atomic E-state index is 12.4. The molecule has 1 aromatic carbocycles. The van der Waals surface area contributed by atoms with E-state index in [0.29, 0.717) is 0 Å². The van der Waals surface area contributed by atoms with E-state index in [9.17, 15) is 24.8 Å². The molecule has 1 aliphatic rings. The Bertz CT molecular complexity index is 586. The molecule has 1 N–H and O–H groups in total. The molecule has 0 aromatic heterocycles. The van der Waals surface area contributed by atoms with Gasteiger partial charge in [0.1, 0.15) is 6.04 Å². The van der Waals surface area contributed by atoms with E-state index in [2.05, 4.69) is 0 Å². The molecule has 1 saturated heterocycles. The van der Waals surface area contributed by atoms with Crippen LogP contribution in [0, 0.1) is 10.1 Å². The molecular formula is C14H16N2O6. The molecule has 8 heteroatoms. The minimum atomic E-state index is -0.836. The zero-order chi connectivity index (χ0) is 16.3. The van der Waals surface area contributed by atoms with Crippen molar-refractivity contribution in [2.45, 2.75) is 25.5 Å². The van der Waals surface area contributed by atoms with Gasteiger partial charge in [-0.05, 0) is 19.1 Å². The van der Waals surface area contributed by atoms with Crippen LogP contribution >= 0.6 is 0 Å². The first-order valence-corrected chi connectivity index (χ1v) is 6.84. The number of amides is 1. The molecule has 8 nitrogen and oxygen atoms in total. The van der Waals surface area contributed by atoms with Crippen molar-refractivity contribution < 1.29 is 24.4 Å². The molecule has 22 heavy (non-hydrogen) atoms. The number of hydrogen-bond donors (Lipinski definition) is 1. The number of carbonyl (C=O) groups excluding carboxylic acids is 2. The summed E-state index contributed by atoms with van der Waals surface area (Å²) in [7, 11) is 0. The van der Waals surface area contributed by atoms with Crippen LogP contribution < -0.4 is 0 Å². The Morgan fingerprint density at radius 2 is 2.05 bits per heavy atom. The number of rotatable bonds is 4. The molecule has 1 amide bonds. The van der Waals surface area contributed by atoms with Crippen molar-refractivity contribution in [2.75, 3.05) is 13.2 Å². The van der Waals surface area contributed by atoms with Gasteiger partial charge in [0.05, 0.1) is 17.6 Å². The molecule has 0 saturated carbocycles. The highest BCUT2D eigenvalue weighted by atomic mass is 16.6. The van der Waals surface area contributed by atoms with Crippen molar-refractivity contribution in [3.63, 3.8) is 0 Å². The fourth-order valence-corrected chi connectivity index (χ4v) is 2.39. The average Bonchev–Trinajstić information content (AvgIpc) is 2.89. The SMILES string of the molecule is CCOC(=O)[C@@H]1CC(O)CN1C(=O)c1ccc([N+](=O)[O-])cc1. The van der Waals surface area contributed by atoms with Gasteiger partial charge < -0.3 is 14.7 Å². The van der Waals surface area contributed by atoms with E-state index in [1.165, 1.54) is 29.2 Å². The fourth-order valence-electron chi connectivity index (χ4n) is 2.39. The molecule has 1 unspecified atom stereocenters. The average molecular weight is 308 g/mol. The Morgan fingerprint density at radius 3 is 2.59 bits per heavy atom. The number of nitrogens with zero attached hydrogens (tertiary/aromatic N) is 2. The van der Waals surface area contributed by atoms with E-state index in [0.717, 1.165) is 0 Å². The van der Waals surface area contributed by atoms with Crippen LogP contribution in [-0.4, -0.2) is 52.1 Å². The topological polar surface area (TPSA) is 110 Å². The van der Waals surface area contributed by atoms with E-state index in [1.807, 2.05) is 0 Å². The van der Waals surface area contributed by atoms with Crippen LogP contribution in [0.2, 0.25) is 0 Å². The van der Waals surface area contributed by atoms with Crippen LogP contribution in [0.1, 0.15) is 23.7 Å². The molecule has 2 rings (SSSR count). The van der Waals surface area contributed by atoms with Gasteiger partial charge in [-0.15, -0.1) is 0 Å². The number of hydrogen-bond acceptors (Lipinski definition) is 6. The Labute approximate surface area is 126 Å². The molecule has 1 heterocycles. The lowest BCUT2D eigenvalue weighted by Crippen LogP contribution is -2.41. The van der Waals surface area contributed by atoms with Crippen molar-refractivity contribution in [1.82, 2.24) is 4.90 Å². The Morgan fingerprint density at radius 1 is 1.41 bits per heavy atom. The van der Waals surface area contributed by atoms with Gasteiger partial charge in [-0.2, -0.15) is 0 Å². The van der Waals surface area contributed by atoms with Crippen LogP contribution in [0.15, 0.2) is 24.3 Å². The quantitative estimate of drug-likeness (QED) is 0.499. The fraction of sp³-hybridized carbons (Fsp3) is 0.429. The van der Waals surface area contributed by atoms with Crippen molar-refractivity contribution in [2.24, 2.45) is 0 Å². The summed E-state index contributed by atoms with van der Waals surface area (Å²) in [6.45, 7) is 1.87. The van der Waals surface area contributed by atoms with Crippen molar-refractivity contribution >= 4 is 17.6 Å². The first-order chi connectivity index (χ1) is 10.4. The van der Waals surface area contributed by atoms with Crippen LogP contribution in [0.25, 0.3) is 0 Å². The van der Waals surface area contributed by atoms with E-state index in [4.69, 9.17) is 4.74 Å². The number of benzene rings is 1. The van der Waals surface area contributed by atoms with Gasteiger partial charge in [-0.1, -0.05) is 0 Å². The van der Waals surface area contributed by atoms with Crippen molar-refractivity contribution in [3.05, 3.63) is 39.9 Å². The second-order valence-electron chi connectivity index (χ2n) is 4.92. The molecule has 1 aliphatic heterocycles. The number of aliphatic hydroxyl groups excluding tert-OH is 1. The van der Waals surface area contributed by atoms with Gasteiger partial charge in [0.15, 0.2) is 0 Å². The minimum Gasteiger partial charge on any atom is -0.464 e. The molecular weight excluding hydrogens is 292 g/mol. The van der Waals surface area contributed by atoms with Crippen LogP contribution in [-0.2, 0) is 9.53 Å². The summed E-state index contributed by atoms with van der Waals surface area (Å²) in [5, 5.41) is 20.3. The maximum Gasteiger partial charge on any atom is 0.328 e. The Kier molecular flexibility index (Phi) is 4.71.